The van der Waals surface area contributed by atoms with E-state index in [1.807, 2.05) is 24.3 Å². The third kappa shape index (κ3) is 1.43. The topological polar surface area (TPSA) is 17.1 Å². The molecule has 1 atom stereocenters. The summed E-state index contributed by atoms with van der Waals surface area (Å²) in [5, 5.41) is 1.97. The van der Waals surface area contributed by atoms with Crippen molar-refractivity contribution in [3.63, 3.8) is 0 Å². The van der Waals surface area contributed by atoms with Crippen LogP contribution in [0.4, 0.5) is 0 Å². The Labute approximate surface area is 99.0 Å². The van der Waals surface area contributed by atoms with Gasteiger partial charge in [-0.15, -0.1) is 11.6 Å². The van der Waals surface area contributed by atoms with Crippen LogP contribution in [0.3, 0.4) is 0 Å². The average molecular weight is 231 g/mol. The zero-order chi connectivity index (χ0) is 11.1. The molecule has 0 aromatic heterocycles. The molecule has 1 aliphatic carbocycles. The molecule has 0 fully saturated rings. The maximum Gasteiger partial charge on any atom is 0.180 e. The molecular weight excluding hydrogens is 220 g/mol. The highest BCUT2D eigenvalue weighted by atomic mass is 35.5. The zero-order valence-corrected chi connectivity index (χ0v) is 9.50. The molecule has 2 heteroatoms. The van der Waals surface area contributed by atoms with Crippen molar-refractivity contribution in [3.8, 4) is 0 Å². The number of carbonyl (C=O) groups excluding carboxylic acids is 1. The molecule has 0 amide bonds. The highest BCUT2D eigenvalue weighted by Crippen LogP contribution is 2.28. The number of halogens is 1. The lowest BCUT2D eigenvalue weighted by atomic mass is 9.88. The van der Waals surface area contributed by atoms with Crippen molar-refractivity contribution < 1.29 is 4.79 Å². The number of benzene rings is 2. The molecule has 0 spiro atoms. The normalized spacial score (nSPS) is 19.8. The predicted molar refractivity (Wildman–Crippen MR) is 66.2 cm³/mol. The summed E-state index contributed by atoms with van der Waals surface area (Å²) in [5.41, 5.74) is 1.95. The maximum absolute atomic E-state index is 11.9. The Morgan fingerprint density at radius 2 is 1.81 bits per heavy atom. The standard InChI is InChI=1S/C14H11ClO/c15-13-6-5-11-7-9-3-1-2-4-10(9)8-12(11)14(13)16/h1-4,7-8,13H,5-6H2. The van der Waals surface area contributed by atoms with E-state index in [0.717, 1.165) is 29.4 Å². The van der Waals surface area contributed by atoms with Crippen LogP contribution < -0.4 is 0 Å². The number of carbonyl (C=O) groups is 1. The van der Waals surface area contributed by atoms with Crippen LogP contribution in [-0.4, -0.2) is 11.2 Å². The summed E-state index contributed by atoms with van der Waals surface area (Å²) >= 11 is 6.00. The van der Waals surface area contributed by atoms with Gasteiger partial charge in [-0.25, -0.2) is 0 Å². The lowest BCUT2D eigenvalue weighted by Gasteiger charge is -2.19. The number of rotatable bonds is 0. The number of Topliss-reactive ketones (excluding diaryl/α,β-unsaturated/α-hetero) is 1. The molecule has 16 heavy (non-hydrogen) atoms. The molecule has 2 aromatic rings. The molecule has 2 aromatic carbocycles. The summed E-state index contributed by atoms with van der Waals surface area (Å²) < 4.78 is 0. The van der Waals surface area contributed by atoms with Gasteiger partial charge in [-0.3, -0.25) is 4.79 Å². The van der Waals surface area contributed by atoms with E-state index in [4.69, 9.17) is 11.6 Å². The monoisotopic (exact) mass is 230 g/mol. The zero-order valence-electron chi connectivity index (χ0n) is 8.74. The Bertz CT molecular complexity index is 574. The molecule has 0 N–H and O–H groups in total. The summed E-state index contributed by atoms with van der Waals surface area (Å²) in [6.07, 6.45) is 1.66. The SMILES string of the molecule is O=C1c2cc3ccccc3cc2CCC1Cl. The Hall–Kier alpha value is -1.34. The molecule has 0 radical (unpaired) electrons. The van der Waals surface area contributed by atoms with Gasteiger partial charge in [0.2, 0.25) is 0 Å². The number of fused-ring (bicyclic) bond motifs is 2. The second kappa shape index (κ2) is 3.60. The van der Waals surface area contributed by atoms with Gasteiger partial charge in [0, 0.05) is 5.56 Å². The molecule has 0 heterocycles. The van der Waals surface area contributed by atoms with Gasteiger partial charge < -0.3 is 0 Å². The summed E-state index contributed by atoms with van der Waals surface area (Å²) in [6.45, 7) is 0. The Balaban J connectivity index is 2.27. The quantitative estimate of drug-likeness (QED) is 0.633. The Kier molecular flexibility index (Phi) is 2.22. The fraction of sp³-hybridized carbons (Fsp3) is 0.214. The first-order chi connectivity index (χ1) is 7.75. The second-order valence-electron chi connectivity index (χ2n) is 4.23. The van der Waals surface area contributed by atoms with Gasteiger partial charge in [-0.1, -0.05) is 30.3 Å². The van der Waals surface area contributed by atoms with Gasteiger partial charge in [-0.05, 0) is 35.2 Å². The van der Waals surface area contributed by atoms with E-state index in [2.05, 4.69) is 12.1 Å². The lowest BCUT2D eigenvalue weighted by molar-refractivity contribution is 0.0977. The minimum absolute atomic E-state index is 0.0775. The third-order valence-corrected chi connectivity index (χ3v) is 3.61. The van der Waals surface area contributed by atoms with Crippen molar-refractivity contribution in [1.82, 2.24) is 0 Å². The van der Waals surface area contributed by atoms with Gasteiger partial charge in [0.25, 0.3) is 0 Å². The molecular formula is C14H11ClO. The van der Waals surface area contributed by atoms with Crippen molar-refractivity contribution in [1.29, 1.82) is 0 Å². The van der Waals surface area contributed by atoms with Crippen molar-refractivity contribution >= 4 is 28.2 Å². The largest absolute Gasteiger partial charge is 0.292 e. The van der Waals surface area contributed by atoms with Crippen LogP contribution in [0.1, 0.15) is 22.3 Å². The maximum atomic E-state index is 11.9. The van der Waals surface area contributed by atoms with Gasteiger partial charge >= 0.3 is 0 Å². The van der Waals surface area contributed by atoms with Gasteiger partial charge in [0.1, 0.15) is 0 Å². The second-order valence-corrected chi connectivity index (χ2v) is 4.75. The number of hydrogen-bond donors (Lipinski definition) is 0. The van der Waals surface area contributed by atoms with Gasteiger partial charge in [0.05, 0.1) is 5.38 Å². The van der Waals surface area contributed by atoms with E-state index < -0.39 is 0 Å². The fourth-order valence-corrected chi connectivity index (χ4v) is 2.53. The highest BCUT2D eigenvalue weighted by Gasteiger charge is 2.25. The fourth-order valence-electron chi connectivity index (χ4n) is 2.31. The lowest BCUT2D eigenvalue weighted by Crippen LogP contribution is -2.22. The molecule has 1 nitrogen and oxygen atoms in total. The Morgan fingerprint density at radius 1 is 1.12 bits per heavy atom. The highest BCUT2D eigenvalue weighted by molar-refractivity contribution is 6.34. The van der Waals surface area contributed by atoms with E-state index in [-0.39, 0.29) is 11.2 Å². The first-order valence-electron chi connectivity index (χ1n) is 5.45. The molecule has 1 unspecified atom stereocenters. The molecule has 0 bridgehead atoms. The first-order valence-corrected chi connectivity index (χ1v) is 5.89. The smallest absolute Gasteiger partial charge is 0.180 e. The molecule has 0 saturated heterocycles. The minimum Gasteiger partial charge on any atom is -0.292 e. The predicted octanol–water partition coefficient (Wildman–Crippen LogP) is 3.58. The number of aryl methyl sites for hydroxylation is 1. The van der Waals surface area contributed by atoms with Crippen molar-refractivity contribution in [2.45, 2.75) is 18.2 Å². The van der Waals surface area contributed by atoms with Crippen LogP contribution in [0.2, 0.25) is 0 Å². The van der Waals surface area contributed by atoms with Crippen molar-refractivity contribution in [2.75, 3.05) is 0 Å². The van der Waals surface area contributed by atoms with Crippen LogP contribution in [0.25, 0.3) is 10.8 Å². The van der Waals surface area contributed by atoms with Crippen LogP contribution in [0, 0.1) is 0 Å². The average Bonchev–Trinajstić information content (AvgIpc) is 2.32. The summed E-state index contributed by atoms with van der Waals surface area (Å²) in [7, 11) is 0. The van der Waals surface area contributed by atoms with E-state index >= 15 is 0 Å². The number of ketones is 1. The summed E-state index contributed by atoms with van der Waals surface area (Å²) in [5.74, 6) is 0.0775. The van der Waals surface area contributed by atoms with Gasteiger partial charge in [0.15, 0.2) is 5.78 Å². The van der Waals surface area contributed by atoms with Gasteiger partial charge in [-0.2, -0.15) is 0 Å². The number of alkyl halides is 1. The van der Waals surface area contributed by atoms with E-state index in [1.54, 1.807) is 0 Å². The van der Waals surface area contributed by atoms with Crippen LogP contribution >= 0.6 is 11.6 Å². The summed E-state index contributed by atoms with van der Waals surface area (Å²) in [6, 6.07) is 12.2. The number of hydrogen-bond acceptors (Lipinski definition) is 1. The van der Waals surface area contributed by atoms with Crippen molar-refractivity contribution in [3.05, 3.63) is 47.5 Å². The minimum atomic E-state index is -0.339. The van der Waals surface area contributed by atoms with E-state index in [1.165, 1.54) is 5.39 Å². The Morgan fingerprint density at radius 3 is 2.56 bits per heavy atom. The van der Waals surface area contributed by atoms with E-state index in [9.17, 15) is 4.79 Å². The first kappa shape index (κ1) is 9.86. The van der Waals surface area contributed by atoms with Crippen LogP contribution in [-0.2, 0) is 6.42 Å². The van der Waals surface area contributed by atoms with Crippen molar-refractivity contribution in [2.24, 2.45) is 0 Å². The molecule has 0 saturated carbocycles. The van der Waals surface area contributed by atoms with E-state index in [0.29, 0.717) is 0 Å². The summed E-state index contributed by atoms with van der Waals surface area (Å²) in [4.78, 5) is 11.9. The third-order valence-electron chi connectivity index (χ3n) is 3.19. The molecule has 0 aliphatic heterocycles. The molecule has 1 aliphatic rings. The van der Waals surface area contributed by atoms with Crippen LogP contribution in [0.5, 0.6) is 0 Å². The molecule has 3 rings (SSSR count). The molecule has 80 valence electrons. The van der Waals surface area contributed by atoms with Crippen LogP contribution in [0.15, 0.2) is 36.4 Å².